The number of hydrogen-bond donors (Lipinski definition) is 0. The molecule has 2 aromatic rings. The van der Waals surface area contributed by atoms with E-state index in [0.717, 1.165) is 18.7 Å². The van der Waals surface area contributed by atoms with Crippen LogP contribution in [0.25, 0.3) is 10.8 Å². The van der Waals surface area contributed by atoms with Crippen LogP contribution in [0.2, 0.25) is 0 Å². The first kappa shape index (κ1) is 13.3. The second kappa shape index (κ2) is 6.19. The molecule has 0 N–H and O–H groups in total. The van der Waals surface area contributed by atoms with Gasteiger partial charge in [0, 0.05) is 6.42 Å². The molecule has 0 radical (unpaired) electrons. The summed E-state index contributed by atoms with van der Waals surface area (Å²) in [6.45, 7) is 2.79. The van der Waals surface area contributed by atoms with Crippen LogP contribution >= 0.6 is 0 Å². The van der Waals surface area contributed by atoms with Gasteiger partial charge in [-0.25, -0.2) is 0 Å². The summed E-state index contributed by atoms with van der Waals surface area (Å²) in [4.78, 5) is 14.5. The number of fused-ring (bicyclic) bond motifs is 1. The molecule has 0 bridgehead atoms. The summed E-state index contributed by atoms with van der Waals surface area (Å²) in [6.07, 6.45) is 4.35. The lowest BCUT2D eigenvalue weighted by Crippen LogP contribution is -2.35. The van der Waals surface area contributed by atoms with Crippen LogP contribution in [0.5, 0.6) is 0 Å². The Morgan fingerprint density at radius 1 is 0.950 bits per heavy atom. The highest BCUT2D eigenvalue weighted by Gasteiger charge is 2.14. The monoisotopic (exact) mass is 267 g/mol. The molecule has 1 saturated heterocycles. The van der Waals surface area contributed by atoms with Gasteiger partial charge >= 0.3 is 0 Å². The van der Waals surface area contributed by atoms with Crippen LogP contribution in [-0.2, 0) is 11.2 Å². The first-order valence-electron chi connectivity index (χ1n) is 7.53. The van der Waals surface area contributed by atoms with Crippen LogP contribution < -0.4 is 0 Å². The molecule has 0 amide bonds. The Bertz CT molecular complexity index is 599. The van der Waals surface area contributed by atoms with Gasteiger partial charge in [-0.1, -0.05) is 48.9 Å². The molecule has 1 aliphatic rings. The van der Waals surface area contributed by atoms with Crippen molar-refractivity contribution >= 4 is 16.6 Å². The molecule has 0 spiro atoms. The van der Waals surface area contributed by atoms with E-state index in [1.807, 2.05) is 12.1 Å². The maximum Gasteiger partial charge on any atom is 0.151 e. The second-order valence-corrected chi connectivity index (χ2v) is 5.73. The highest BCUT2D eigenvalue weighted by Crippen LogP contribution is 2.16. The third-order valence-corrected chi connectivity index (χ3v) is 4.06. The standard InChI is InChI=1S/C18H21NO/c20-18(14-19-10-4-1-5-11-19)13-15-8-9-16-6-2-3-7-17(16)12-15/h2-3,6-9,12H,1,4-5,10-11,13-14H2. The van der Waals surface area contributed by atoms with Gasteiger partial charge in [0.25, 0.3) is 0 Å². The summed E-state index contributed by atoms with van der Waals surface area (Å²) in [7, 11) is 0. The summed E-state index contributed by atoms with van der Waals surface area (Å²) in [5.41, 5.74) is 1.13. The molecule has 104 valence electrons. The topological polar surface area (TPSA) is 20.3 Å². The van der Waals surface area contributed by atoms with Gasteiger partial charge in [0.1, 0.15) is 0 Å². The number of nitrogens with zero attached hydrogens (tertiary/aromatic N) is 1. The van der Waals surface area contributed by atoms with Gasteiger partial charge in [0.15, 0.2) is 5.78 Å². The Hall–Kier alpha value is -1.67. The van der Waals surface area contributed by atoms with Gasteiger partial charge in [-0.15, -0.1) is 0 Å². The average Bonchev–Trinajstić information content (AvgIpc) is 2.48. The van der Waals surface area contributed by atoms with Crippen molar-refractivity contribution in [2.75, 3.05) is 19.6 Å². The molecular weight excluding hydrogens is 246 g/mol. The van der Waals surface area contributed by atoms with E-state index in [-0.39, 0.29) is 0 Å². The minimum Gasteiger partial charge on any atom is -0.298 e. The molecule has 1 heterocycles. The smallest absolute Gasteiger partial charge is 0.151 e. The lowest BCUT2D eigenvalue weighted by Gasteiger charge is -2.25. The number of likely N-dealkylation sites (tertiary alicyclic amines) is 1. The number of benzene rings is 2. The molecule has 3 rings (SSSR count). The van der Waals surface area contributed by atoms with Crippen molar-refractivity contribution in [1.82, 2.24) is 4.90 Å². The van der Waals surface area contributed by atoms with E-state index in [0.29, 0.717) is 18.7 Å². The van der Waals surface area contributed by atoms with Gasteiger partial charge in [-0.3, -0.25) is 9.69 Å². The third-order valence-electron chi connectivity index (χ3n) is 4.06. The zero-order chi connectivity index (χ0) is 13.8. The van der Waals surface area contributed by atoms with Crippen molar-refractivity contribution in [2.24, 2.45) is 0 Å². The van der Waals surface area contributed by atoms with Crippen LogP contribution in [0.4, 0.5) is 0 Å². The van der Waals surface area contributed by atoms with E-state index in [1.165, 1.54) is 30.0 Å². The zero-order valence-corrected chi connectivity index (χ0v) is 11.8. The lowest BCUT2D eigenvalue weighted by atomic mass is 10.0. The fourth-order valence-corrected chi connectivity index (χ4v) is 3.00. The summed E-state index contributed by atoms with van der Waals surface area (Å²) in [5, 5.41) is 2.45. The number of ketones is 1. The number of hydrogen-bond acceptors (Lipinski definition) is 2. The normalized spacial score (nSPS) is 16.4. The van der Waals surface area contributed by atoms with Gasteiger partial charge in [-0.05, 0) is 42.3 Å². The zero-order valence-electron chi connectivity index (χ0n) is 11.8. The van der Waals surface area contributed by atoms with E-state index in [9.17, 15) is 4.79 Å². The van der Waals surface area contributed by atoms with Crippen LogP contribution in [0, 0.1) is 0 Å². The molecular formula is C18H21NO. The minimum atomic E-state index is 0.335. The van der Waals surface area contributed by atoms with Gasteiger partial charge < -0.3 is 0 Å². The predicted octanol–water partition coefficient (Wildman–Crippen LogP) is 3.44. The molecule has 1 aliphatic heterocycles. The third kappa shape index (κ3) is 3.26. The van der Waals surface area contributed by atoms with E-state index in [2.05, 4.69) is 35.2 Å². The van der Waals surface area contributed by atoms with Crippen molar-refractivity contribution in [3.05, 3.63) is 48.0 Å². The molecule has 0 unspecified atom stereocenters. The highest BCUT2D eigenvalue weighted by atomic mass is 16.1. The molecule has 0 aromatic heterocycles. The molecule has 1 fully saturated rings. The van der Waals surface area contributed by atoms with E-state index < -0.39 is 0 Å². The fourth-order valence-electron chi connectivity index (χ4n) is 3.00. The van der Waals surface area contributed by atoms with Gasteiger partial charge in [-0.2, -0.15) is 0 Å². The maximum atomic E-state index is 12.2. The summed E-state index contributed by atoms with van der Waals surface area (Å²) in [5.74, 6) is 0.335. The quantitative estimate of drug-likeness (QED) is 0.846. The molecule has 2 heteroatoms. The summed E-state index contributed by atoms with van der Waals surface area (Å²) < 4.78 is 0. The van der Waals surface area contributed by atoms with Crippen LogP contribution in [0.15, 0.2) is 42.5 Å². The first-order chi connectivity index (χ1) is 9.81. The molecule has 0 saturated carbocycles. The number of carbonyl (C=O) groups is 1. The van der Waals surface area contributed by atoms with E-state index >= 15 is 0 Å². The Morgan fingerprint density at radius 3 is 2.50 bits per heavy atom. The van der Waals surface area contributed by atoms with Crippen molar-refractivity contribution in [3.63, 3.8) is 0 Å². The lowest BCUT2D eigenvalue weighted by molar-refractivity contribution is -0.119. The Kier molecular flexibility index (Phi) is 4.12. The number of carbonyl (C=O) groups excluding carboxylic acids is 1. The highest BCUT2D eigenvalue weighted by molar-refractivity contribution is 5.86. The van der Waals surface area contributed by atoms with Gasteiger partial charge in [0.2, 0.25) is 0 Å². The largest absolute Gasteiger partial charge is 0.298 e. The fraction of sp³-hybridized carbons (Fsp3) is 0.389. The van der Waals surface area contributed by atoms with Crippen molar-refractivity contribution in [3.8, 4) is 0 Å². The van der Waals surface area contributed by atoms with Crippen LogP contribution in [0.3, 0.4) is 0 Å². The van der Waals surface area contributed by atoms with Crippen LogP contribution in [-0.4, -0.2) is 30.3 Å². The van der Waals surface area contributed by atoms with E-state index in [4.69, 9.17) is 0 Å². The maximum absolute atomic E-state index is 12.2. The average molecular weight is 267 g/mol. The molecule has 20 heavy (non-hydrogen) atoms. The van der Waals surface area contributed by atoms with Crippen LogP contribution in [0.1, 0.15) is 24.8 Å². The Balaban J connectivity index is 1.64. The Labute approximate surface area is 120 Å². The number of piperidine rings is 1. The van der Waals surface area contributed by atoms with E-state index in [1.54, 1.807) is 0 Å². The first-order valence-corrected chi connectivity index (χ1v) is 7.53. The summed E-state index contributed by atoms with van der Waals surface area (Å²) in [6, 6.07) is 14.6. The number of rotatable bonds is 4. The second-order valence-electron chi connectivity index (χ2n) is 5.73. The Morgan fingerprint density at radius 2 is 1.70 bits per heavy atom. The minimum absolute atomic E-state index is 0.335. The summed E-state index contributed by atoms with van der Waals surface area (Å²) >= 11 is 0. The predicted molar refractivity (Wildman–Crippen MR) is 83.0 cm³/mol. The van der Waals surface area contributed by atoms with Crippen molar-refractivity contribution < 1.29 is 4.79 Å². The molecule has 0 aliphatic carbocycles. The van der Waals surface area contributed by atoms with Crippen molar-refractivity contribution in [1.29, 1.82) is 0 Å². The number of Topliss-reactive ketones (excluding diaryl/α,β-unsaturated/α-hetero) is 1. The molecule has 2 aromatic carbocycles. The van der Waals surface area contributed by atoms with Gasteiger partial charge in [0.05, 0.1) is 6.54 Å². The molecule has 0 atom stereocenters. The van der Waals surface area contributed by atoms with Crippen molar-refractivity contribution in [2.45, 2.75) is 25.7 Å². The molecule has 2 nitrogen and oxygen atoms in total. The SMILES string of the molecule is O=C(Cc1ccc2ccccc2c1)CN1CCCCC1.